The summed E-state index contributed by atoms with van der Waals surface area (Å²) in [4.78, 5) is 81.8. The van der Waals surface area contributed by atoms with Crippen LogP contribution >= 0.6 is 0 Å². The van der Waals surface area contributed by atoms with Crippen molar-refractivity contribution in [3.63, 3.8) is 0 Å². The maximum Gasteiger partial charge on any atom is 0.320 e. The average molecular weight is 938 g/mol. The van der Waals surface area contributed by atoms with Gasteiger partial charge in [0.05, 0.1) is 22.2 Å². The minimum absolute atomic E-state index is 0.225. The molecule has 2 aromatic heterocycles. The molecular weight excluding hydrogens is 875 g/mol. The zero-order chi connectivity index (χ0) is 47.9. The molecule has 4 fully saturated rings. The molecule has 7 heterocycles. The monoisotopic (exact) mass is 937 g/mol. The number of nitrogens with zero attached hydrogens (tertiary/aromatic N) is 8. The first-order valence-corrected chi connectivity index (χ1v) is 24.8. The van der Waals surface area contributed by atoms with Gasteiger partial charge in [-0.1, -0.05) is 44.0 Å². The van der Waals surface area contributed by atoms with E-state index in [-0.39, 0.29) is 18.4 Å². The maximum atomic E-state index is 13.4. The summed E-state index contributed by atoms with van der Waals surface area (Å²) in [5, 5.41) is 9.96. The number of fused-ring (bicyclic) bond motifs is 2. The number of H-pyrrole nitrogens is 1. The number of nitrogens with one attached hydrogen (secondary N) is 2. The molecule has 3 aromatic carbocycles. The van der Waals surface area contributed by atoms with Crippen molar-refractivity contribution in [3.05, 3.63) is 95.8 Å². The summed E-state index contributed by atoms with van der Waals surface area (Å²) in [6, 6.07) is 23.2. The van der Waals surface area contributed by atoms with Gasteiger partial charge in [-0.3, -0.25) is 34.5 Å². The Kier molecular flexibility index (Phi) is 14.9. The molecule has 5 aliphatic rings. The highest BCUT2D eigenvalue weighted by molar-refractivity contribution is 6.23. The number of aromatic nitrogens is 4. The second kappa shape index (κ2) is 21.7. The van der Waals surface area contributed by atoms with E-state index in [0.717, 1.165) is 116 Å². The summed E-state index contributed by atoms with van der Waals surface area (Å²) in [6.07, 6.45) is 12.7. The molecule has 1 unspecified atom stereocenters. The third-order valence-electron chi connectivity index (χ3n) is 14.7. The second-order valence-electron chi connectivity index (χ2n) is 18.8. The molecule has 0 saturated carbocycles. The number of nitrogen functional groups attached to an aromatic ring is 1. The van der Waals surface area contributed by atoms with Crippen molar-refractivity contribution in [2.24, 2.45) is 0 Å². The van der Waals surface area contributed by atoms with Crippen LogP contribution < -0.4 is 15.8 Å². The quantitative estimate of drug-likeness (QED) is 0.0922. The largest absolute Gasteiger partial charge is 0.457 e. The third kappa shape index (κ3) is 10.5. The van der Waals surface area contributed by atoms with Crippen molar-refractivity contribution in [3.8, 4) is 22.8 Å². The van der Waals surface area contributed by atoms with Crippen molar-refractivity contribution in [1.82, 2.24) is 50.0 Å². The Bertz CT molecular complexity index is 2590. The van der Waals surface area contributed by atoms with Crippen LogP contribution in [0.4, 0.5) is 10.6 Å². The minimum atomic E-state index is -1.01. The number of likely N-dealkylation sites (tertiary alicyclic amines) is 4. The van der Waals surface area contributed by atoms with Gasteiger partial charge in [0.2, 0.25) is 12.3 Å². The van der Waals surface area contributed by atoms with E-state index in [1.165, 1.54) is 38.7 Å². The molecule has 4 saturated heterocycles. The first-order valence-electron chi connectivity index (χ1n) is 24.8. The van der Waals surface area contributed by atoms with Gasteiger partial charge in [0.1, 0.15) is 29.7 Å². The molecule has 1 atom stereocenters. The number of hydrogen-bond donors (Lipinski definition) is 3. The standard InChI is InChI=1S/C35H50N6O5.C17H13N5O/c1-2-6-31(32(43)36-24-42)41-33(44)29-8-7-26(23-30(29)34(41)45)25-9-17-38(18-10-25)28-13-21-40(22-14-28)35(46)39-19-11-27(12-20-39)37-15-4-3-5-16-37;18-16-14-15(21-22-17(14)20-10-19-16)11-6-8-13(9-7-11)23-12-4-2-1-3-5-12/h7-8,23-25,27-28,31H,2-6,9-22H2,1H3,(H,36,42,43);1-10H,(H3,18,19,20,21,22). The summed E-state index contributed by atoms with van der Waals surface area (Å²) in [5.41, 5.74) is 9.94. The lowest BCUT2D eigenvalue weighted by atomic mass is 9.86. The molecule has 5 aliphatic heterocycles. The number of ether oxygens (including phenoxy) is 1. The number of benzene rings is 3. The number of para-hydroxylation sites is 1. The maximum absolute atomic E-state index is 13.4. The van der Waals surface area contributed by atoms with Crippen LogP contribution in [0.1, 0.15) is 110 Å². The number of hydrogen-bond acceptors (Lipinski definition) is 12. The average Bonchev–Trinajstić information content (AvgIpc) is 3.95. The van der Waals surface area contributed by atoms with Gasteiger partial charge in [-0.25, -0.2) is 14.8 Å². The van der Waals surface area contributed by atoms with Crippen molar-refractivity contribution < 1.29 is 28.7 Å². The molecule has 4 N–H and O–H groups in total. The summed E-state index contributed by atoms with van der Waals surface area (Å²) in [7, 11) is 0. The highest BCUT2D eigenvalue weighted by Crippen LogP contribution is 2.36. The Morgan fingerprint density at radius 3 is 2.03 bits per heavy atom. The SMILES string of the molecule is CCCC(C(=O)NC=O)N1C(=O)c2ccc(C3CCN(C4CCN(C(=O)N5CCC(N6CCCCC6)CC5)CC4)CC3)cc2C1=O.Nc1ncnc2n[nH]c(-c3ccc(Oc4ccccc4)cc3)c12. The number of amides is 6. The number of rotatable bonds is 11. The summed E-state index contributed by atoms with van der Waals surface area (Å²) in [5.74, 6) is 0.667. The topological polar surface area (TPSA) is 203 Å². The predicted molar refractivity (Wildman–Crippen MR) is 261 cm³/mol. The van der Waals surface area contributed by atoms with Gasteiger partial charge < -0.3 is 30.1 Å². The van der Waals surface area contributed by atoms with Crippen LogP contribution in [0.5, 0.6) is 11.5 Å². The van der Waals surface area contributed by atoms with Gasteiger partial charge in [-0.2, -0.15) is 5.10 Å². The fraction of sp³-hybridized carbons (Fsp3) is 0.462. The smallest absolute Gasteiger partial charge is 0.320 e. The fourth-order valence-electron chi connectivity index (χ4n) is 10.9. The highest BCUT2D eigenvalue weighted by atomic mass is 16.5. The highest BCUT2D eigenvalue weighted by Gasteiger charge is 2.43. The van der Waals surface area contributed by atoms with Gasteiger partial charge >= 0.3 is 6.03 Å². The second-order valence-corrected chi connectivity index (χ2v) is 18.8. The number of aromatic amines is 1. The van der Waals surface area contributed by atoms with Crippen LogP contribution in [0, 0.1) is 0 Å². The van der Waals surface area contributed by atoms with Crippen LogP contribution in [0.25, 0.3) is 22.3 Å². The number of urea groups is 1. The van der Waals surface area contributed by atoms with Crippen LogP contribution in [0.15, 0.2) is 79.1 Å². The van der Waals surface area contributed by atoms with Gasteiger partial charge in [0, 0.05) is 43.8 Å². The Balaban J connectivity index is 0.000000214. The molecule has 0 bridgehead atoms. The molecule has 362 valence electrons. The van der Waals surface area contributed by atoms with Crippen LogP contribution in [0.3, 0.4) is 0 Å². The first-order chi connectivity index (χ1) is 33.7. The lowest BCUT2D eigenvalue weighted by Gasteiger charge is -2.44. The molecule has 0 spiro atoms. The third-order valence-corrected chi connectivity index (χ3v) is 14.7. The van der Waals surface area contributed by atoms with Gasteiger partial charge in [-0.15, -0.1) is 0 Å². The molecule has 17 nitrogen and oxygen atoms in total. The van der Waals surface area contributed by atoms with Gasteiger partial charge in [0.15, 0.2) is 5.65 Å². The minimum Gasteiger partial charge on any atom is -0.457 e. The normalized spacial score (nSPS) is 19.2. The lowest BCUT2D eigenvalue weighted by Crippen LogP contribution is -2.54. The molecule has 69 heavy (non-hydrogen) atoms. The summed E-state index contributed by atoms with van der Waals surface area (Å²) in [6.45, 7) is 9.63. The van der Waals surface area contributed by atoms with Crippen LogP contribution in [0.2, 0.25) is 0 Å². The van der Waals surface area contributed by atoms with Gasteiger partial charge in [0.25, 0.3) is 11.8 Å². The van der Waals surface area contributed by atoms with E-state index in [4.69, 9.17) is 10.5 Å². The number of anilines is 1. The Morgan fingerprint density at radius 1 is 0.768 bits per heavy atom. The van der Waals surface area contributed by atoms with E-state index < -0.39 is 23.8 Å². The van der Waals surface area contributed by atoms with Crippen molar-refractivity contribution in [1.29, 1.82) is 0 Å². The number of nitrogens with two attached hydrogens (primary N) is 1. The van der Waals surface area contributed by atoms with Crippen molar-refractivity contribution >= 4 is 47.0 Å². The molecule has 5 aromatic rings. The molecule has 0 aliphatic carbocycles. The van der Waals surface area contributed by atoms with E-state index in [9.17, 15) is 24.0 Å². The molecule has 10 rings (SSSR count). The molecule has 0 radical (unpaired) electrons. The first kappa shape index (κ1) is 47.4. The van der Waals surface area contributed by atoms with E-state index in [2.05, 4.69) is 45.1 Å². The number of carbonyl (C=O) groups is 5. The Hall–Kier alpha value is -6.72. The number of imide groups is 2. The zero-order valence-corrected chi connectivity index (χ0v) is 39.4. The summed E-state index contributed by atoms with van der Waals surface area (Å²) < 4.78 is 5.79. The van der Waals surface area contributed by atoms with Crippen LogP contribution in [-0.2, 0) is 9.59 Å². The Morgan fingerprint density at radius 2 is 1.39 bits per heavy atom. The van der Waals surface area contributed by atoms with E-state index in [1.54, 1.807) is 6.07 Å². The van der Waals surface area contributed by atoms with Crippen molar-refractivity contribution in [2.75, 3.05) is 58.1 Å². The predicted octanol–water partition coefficient (Wildman–Crippen LogP) is 6.83. The lowest BCUT2D eigenvalue weighted by molar-refractivity contribution is -0.128. The van der Waals surface area contributed by atoms with Crippen molar-refractivity contribution in [2.45, 2.75) is 102 Å². The number of piperidine rings is 4. The summed E-state index contributed by atoms with van der Waals surface area (Å²) >= 11 is 0. The Labute approximate surface area is 402 Å². The van der Waals surface area contributed by atoms with Gasteiger partial charge in [-0.05, 0) is 144 Å². The molecule has 6 amide bonds. The van der Waals surface area contributed by atoms with E-state index in [0.29, 0.717) is 47.5 Å². The molecule has 17 heteroatoms. The molecular formula is C52H63N11O6. The zero-order valence-electron chi connectivity index (χ0n) is 39.4. The van der Waals surface area contributed by atoms with Crippen LogP contribution in [-0.4, -0.2) is 145 Å². The number of carbonyl (C=O) groups excluding carboxylic acids is 5. The van der Waals surface area contributed by atoms with E-state index in [1.807, 2.05) is 73.7 Å². The van der Waals surface area contributed by atoms with E-state index >= 15 is 0 Å². The fourth-order valence-corrected chi connectivity index (χ4v) is 10.9.